The number of hydrogen-bond acceptors (Lipinski definition) is 3. The molecule has 1 N–H and O–H groups in total. The molecule has 0 bridgehead atoms. The van der Waals surface area contributed by atoms with Gasteiger partial charge in [0.1, 0.15) is 0 Å². The van der Waals surface area contributed by atoms with Gasteiger partial charge in [0, 0.05) is 13.1 Å². The van der Waals surface area contributed by atoms with Crippen LogP contribution >= 0.6 is 0 Å². The fraction of sp³-hybridized carbons (Fsp3) is 0.538. The van der Waals surface area contributed by atoms with E-state index in [1.54, 1.807) is 28.6 Å². The van der Waals surface area contributed by atoms with E-state index in [-0.39, 0.29) is 12.4 Å². The molecule has 1 atom stereocenters. The number of rotatable bonds is 4. The summed E-state index contributed by atoms with van der Waals surface area (Å²) < 4.78 is 25.9. The Bertz CT molecular complexity index is 495. The predicted molar refractivity (Wildman–Crippen MR) is 70.3 cm³/mol. The molecule has 1 aromatic rings. The topological polar surface area (TPSA) is 57.6 Å². The van der Waals surface area contributed by atoms with Gasteiger partial charge in [-0.25, -0.2) is 12.7 Å². The van der Waals surface area contributed by atoms with Gasteiger partial charge < -0.3 is 5.11 Å². The van der Waals surface area contributed by atoms with Gasteiger partial charge in [-0.3, -0.25) is 0 Å². The van der Waals surface area contributed by atoms with Crippen LogP contribution in [-0.4, -0.2) is 30.9 Å². The number of sulfonamides is 1. The van der Waals surface area contributed by atoms with Crippen LogP contribution in [0, 0.1) is 5.92 Å². The van der Waals surface area contributed by atoms with Crippen molar-refractivity contribution in [2.24, 2.45) is 5.92 Å². The molecule has 5 heteroatoms. The van der Waals surface area contributed by atoms with E-state index in [9.17, 15) is 8.42 Å². The summed E-state index contributed by atoms with van der Waals surface area (Å²) in [6.45, 7) is 3.33. The Morgan fingerprint density at radius 2 is 1.89 bits per heavy atom. The summed E-state index contributed by atoms with van der Waals surface area (Å²) in [5.74, 6) is 0.502. The van der Waals surface area contributed by atoms with Crippen LogP contribution in [0.15, 0.2) is 24.3 Å². The Balaban J connectivity index is 2.07. The first-order valence-electron chi connectivity index (χ1n) is 6.18. The second-order valence-electron chi connectivity index (χ2n) is 4.98. The maximum atomic E-state index is 12.2. The normalized spacial score (nSPS) is 21.3. The predicted octanol–water partition coefficient (Wildman–Crippen LogP) is 1.35. The Morgan fingerprint density at radius 3 is 2.39 bits per heavy atom. The molecular weight excluding hydrogens is 250 g/mol. The largest absolute Gasteiger partial charge is 0.392 e. The zero-order valence-corrected chi connectivity index (χ0v) is 11.4. The van der Waals surface area contributed by atoms with Crippen molar-refractivity contribution >= 4 is 10.0 Å². The molecule has 1 heterocycles. The number of aliphatic hydroxyl groups is 1. The summed E-state index contributed by atoms with van der Waals surface area (Å²) in [6, 6.07) is 7.06. The molecule has 1 unspecified atom stereocenters. The summed E-state index contributed by atoms with van der Waals surface area (Å²) >= 11 is 0. The highest BCUT2D eigenvalue weighted by Crippen LogP contribution is 2.21. The van der Waals surface area contributed by atoms with Crippen molar-refractivity contribution in [3.8, 4) is 0 Å². The molecular formula is C13H19NO3S. The van der Waals surface area contributed by atoms with Gasteiger partial charge >= 0.3 is 0 Å². The number of nitrogens with zero attached hydrogens (tertiary/aromatic N) is 1. The fourth-order valence-electron chi connectivity index (χ4n) is 2.19. The minimum atomic E-state index is -3.19. The van der Waals surface area contributed by atoms with Gasteiger partial charge in [0.15, 0.2) is 0 Å². The lowest BCUT2D eigenvalue weighted by Crippen LogP contribution is -2.29. The molecule has 100 valence electrons. The zero-order valence-electron chi connectivity index (χ0n) is 10.5. The summed E-state index contributed by atoms with van der Waals surface area (Å²) in [7, 11) is -3.19. The summed E-state index contributed by atoms with van der Waals surface area (Å²) in [5, 5.41) is 8.94. The molecule has 0 spiro atoms. The molecule has 1 saturated heterocycles. The molecule has 0 aromatic heterocycles. The van der Waals surface area contributed by atoms with Crippen LogP contribution in [0.4, 0.5) is 0 Å². The molecule has 1 aliphatic rings. The van der Waals surface area contributed by atoms with E-state index in [4.69, 9.17) is 5.11 Å². The van der Waals surface area contributed by atoms with E-state index in [1.807, 2.05) is 0 Å². The van der Waals surface area contributed by atoms with Crippen LogP contribution in [0.25, 0.3) is 0 Å². The summed E-state index contributed by atoms with van der Waals surface area (Å²) in [5.41, 5.74) is 1.57. The Kier molecular flexibility index (Phi) is 4.04. The van der Waals surface area contributed by atoms with Crippen molar-refractivity contribution in [2.75, 3.05) is 13.1 Å². The van der Waals surface area contributed by atoms with Gasteiger partial charge in [-0.1, -0.05) is 31.2 Å². The first-order chi connectivity index (χ1) is 8.51. The van der Waals surface area contributed by atoms with Crippen molar-refractivity contribution in [1.82, 2.24) is 4.31 Å². The highest BCUT2D eigenvalue weighted by molar-refractivity contribution is 7.88. The molecule has 1 aliphatic heterocycles. The van der Waals surface area contributed by atoms with Gasteiger partial charge in [0.25, 0.3) is 0 Å². The summed E-state index contributed by atoms with van der Waals surface area (Å²) in [6.07, 6.45) is 0.947. The van der Waals surface area contributed by atoms with Gasteiger partial charge in [-0.15, -0.1) is 0 Å². The van der Waals surface area contributed by atoms with Crippen LogP contribution < -0.4 is 0 Å². The molecule has 0 amide bonds. The molecule has 0 radical (unpaired) electrons. The molecule has 0 saturated carbocycles. The number of benzene rings is 1. The van der Waals surface area contributed by atoms with E-state index >= 15 is 0 Å². The minimum absolute atomic E-state index is 0.0172. The SMILES string of the molecule is CC1CCN(S(=O)(=O)Cc2ccc(CO)cc2)C1. The highest BCUT2D eigenvalue weighted by Gasteiger charge is 2.29. The maximum Gasteiger partial charge on any atom is 0.218 e. The van der Waals surface area contributed by atoms with Crippen molar-refractivity contribution in [3.05, 3.63) is 35.4 Å². The van der Waals surface area contributed by atoms with Crippen molar-refractivity contribution in [2.45, 2.75) is 25.7 Å². The van der Waals surface area contributed by atoms with Crippen LogP contribution in [0.1, 0.15) is 24.5 Å². The fourth-order valence-corrected chi connectivity index (χ4v) is 3.85. The number of aliphatic hydroxyl groups excluding tert-OH is 1. The monoisotopic (exact) mass is 269 g/mol. The molecule has 18 heavy (non-hydrogen) atoms. The van der Waals surface area contributed by atoms with Crippen molar-refractivity contribution in [1.29, 1.82) is 0 Å². The van der Waals surface area contributed by atoms with Crippen LogP contribution in [0.5, 0.6) is 0 Å². The Labute approximate surface area is 108 Å². The van der Waals surface area contributed by atoms with E-state index in [0.717, 1.165) is 17.5 Å². The van der Waals surface area contributed by atoms with Crippen molar-refractivity contribution in [3.63, 3.8) is 0 Å². The van der Waals surface area contributed by atoms with Crippen LogP contribution in [0.2, 0.25) is 0 Å². The zero-order chi connectivity index (χ0) is 13.2. The average molecular weight is 269 g/mol. The standard InChI is InChI=1S/C13H19NO3S/c1-11-6-7-14(8-11)18(16,17)10-13-4-2-12(9-15)3-5-13/h2-5,11,15H,6-10H2,1H3. The third-order valence-electron chi connectivity index (χ3n) is 3.33. The van der Waals surface area contributed by atoms with Gasteiger partial charge in [-0.05, 0) is 23.5 Å². The van der Waals surface area contributed by atoms with E-state index in [1.165, 1.54) is 0 Å². The second-order valence-corrected chi connectivity index (χ2v) is 6.95. The Morgan fingerprint density at radius 1 is 1.28 bits per heavy atom. The maximum absolute atomic E-state index is 12.2. The van der Waals surface area contributed by atoms with Gasteiger partial charge in [-0.2, -0.15) is 0 Å². The lowest BCUT2D eigenvalue weighted by atomic mass is 10.2. The summed E-state index contributed by atoms with van der Waals surface area (Å²) in [4.78, 5) is 0. The van der Waals surface area contributed by atoms with E-state index in [0.29, 0.717) is 19.0 Å². The molecule has 2 rings (SSSR count). The lowest BCUT2D eigenvalue weighted by Gasteiger charge is -2.16. The Hall–Kier alpha value is -0.910. The second kappa shape index (κ2) is 5.38. The highest BCUT2D eigenvalue weighted by atomic mass is 32.2. The third kappa shape index (κ3) is 3.10. The smallest absolute Gasteiger partial charge is 0.218 e. The third-order valence-corrected chi connectivity index (χ3v) is 5.15. The van der Waals surface area contributed by atoms with Crippen molar-refractivity contribution < 1.29 is 13.5 Å². The van der Waals surface area contributed by atoms with Crippen LogP contribution in [0.3, 0.4) is 0 Å². The first kappa shape index (κ1) is 13.5. The minimum Gasteiger partial charge on any atom is -0.392 e. The van der Waals surface area contributed by atoms with E-state index < -0.39 is 10.0 Å². The molecule has 1 fully saturated rings. The van der Waals surface area contributed by atoms with Crippen LogP contribution in [-0.2, 0) is 22.4 Å². The van der Waals surface area contributed by atoms with Gasteiger partial charge in [0.05, 0.1) is 12.4 Å². The number of hydrogen-bond donors (Lipinski definition) is 1. The average Bonchev–Trinajstić information content (AvgIpc) is 2.77. The quantitative estimate of drug-likeness (QED) is 0.897. The molecule has 0 aliphatic carbocycles. The lowest BCUT2D eigenvalue weighted by molar-refractivity contribution is 0.282. The molecule has 1 aromatic carbocycles. The molecule has 4 nitrogen and oxygen atoms in total. The first-order valence-corrected chi connectivity index (χ1v) is 7.78. The van der Waals surface area contributed by atoms with E-state index in [2.05, 4.69) is 6.92 Å². The van der Waals surface area contributed by atoms with Gasteiger partial charge in [0.2, 0.25) is 10.0 Å².